The third-order valence-electron chi connectivity index (χ3n) is 3.10. The Morgan fingerprint density at radius 3 is 2.63 bits per heavy atom. The average molecular weight is 415 g/mol. The smallest absolute Gasteiger partial charge is 0.151 e. The molecular formula is C12H16ClIN2O2S. The normalized spacial score (nSPS) is 22.1. The molecule has 0 aliphatic carbocycles. The summed E-state index contributed by atoms with van der Waals surface area (Å²) in [5.41, 5.74) is 0.926. The molecule has 0 radical (unpaired) electrons. The summed E-state index contributed by atoms with van der Waals surface area (Å²) < 4.78 is 24.0. The maximum Gasteiger partial charge on any atom is 0.151 e. The molecule has 19 heavy (non-hydrogen) atoms. The molecule has 7 heteroatoms. The maximum atomic E-state index is 11.5. The molecule has 106 valence electrons. The van der Waals surface area contributed by atoms with Gasteiger partial charge < -0.3 is 0 Å². The quantitative estimate of drug-likeness (QED) is 0.564. The number of hydrogen-bond donors (Lipinski definition) is 0. The number of nitrogens with zero attached hydrogens (tertiary/aromatic N) is 2. The summed E-state index contributed by atoms with van der Waals surface area (Å²) >= 11 is 8.29. The minimum Gasteiger partial charge on any atom is -0.236 e. The van der Waals surface area contributed by atoms with Gasteiger partial charge in [-0.3, -0.25) is 0 Å². The van der Waals surface area contributed by atoms with E-state index < -0.39 is 9.84 Å². The molecule has 0 N–H and O–H groups in total. The van der Waals surface area contributed by atoms with Crippen LogP contribution in [0.2, 0.25) is 5.15 Å². The van der Waals surface area contributed by atoms with Crippen LogP contribution in [-0.4, -0.2) is 29.9 Å². The van der Waals surface area contributed by atoms with Gasteiger partial charge in [0.15, 0.2) is 9.84 Å². The first-order valence-electron chi connectivity index (χ1n) is 6.20. The van der Waals surface area contributed by atoms with Gasteiger partial charge >= 0.3 is 0 Å². The summed E-state index contributed by atoms with van der Waals surface area (Å²) in [5.74, 6) is 1.32. The molecule has 2 heterocycles. The van der Waals surface area contributed by atoms with Gasteiger partial charge in [-0.15, -0.1) is 0 Å². The predicted octanol–water partition coefficient (Wildman–Crippen LogP) is 2.84. The van der Waals surface area contributed by atoms with Gasteiger partial charge in [0.1, 0.15) is 11.0 Å². The van der Waals surface area contributed by atoms with Gasteiger partial charge in [-0.05, 0) is 41.4 Å². The van der Waals surface area contributed by atoms with Crippen LogP contribution in [0.3, 0.4) is 0 Å². The van der Waals surface area contributed by atoms with Crippen molar-refractivity contribution in [1.29, 1.82) is 0 Å². The Morgan fingerprint density at radius 2 is 2.11 bits per heavy atom. The van der Waals surface area contributed by atoms with Gasteiger partial charge in [0, 0.05) is 5.92 Å². The third kappa shape index (κ3) is 3.78. The summed E-state index contributed by atoms with van der Waals surface area (Å²) in [7, 11) is -2.93. The highest BCUT2D eigenvalue weighted by Gasteiger charge is 2.31. The largest absolute Gasteiger partial charge is 0.236 e. The topological polar surface area (TPSA) is 59.9 Å². The molecule has 4 nitrogen and oxygen atoms in total. The van der Waals surface area contributed by atoms with Gasteiger partial charge in [0.25, 0.3) is 0 Å². The highest BCUT2D eigenvalue weighted by atomic mass is 127. The highest BCUT2D eigenvalue weighted by molar-refractivity contribution is 14.1. The maximum absolute atomic E-state index is 11.5. The van der Waals surface area contributed by atoms with E-state index in [2.05, 4.69) is 46.4 Å². The minimum absolute atomic E-state index is 0.106. The van der Waals surface area contributed by atoms with E-state index in [-0.39, 0.29) is 17.4 Å². The summed E-state index contributed by atoms with van der Waals surface area (Å²) in [6, 6.07) is 0. The second-order valence-corrected chi connectivity index (χ2v) is 9.00. The number of rotatable bonds is 3. The number of sulfone groups is 1. The van der Waals surface area contributed by atoms with Crippen molar-refractivity contribution in [2.45, 2.75) is 32.6 Å². The van der Waals surface area contributed by atoms with Crippen molar-refractivity contribution in [3.63, 3.8) is 0 Å². The summed E-state index contributed by atoms with van der Waals surface area (Å²) in [4.78, 5) is 8.82. The van der Waals surface area contributed by atoms with Crippen LogP contribution >= 0.6 is 34.2 Å². The van der Waals surface area contributed by atoms with Crippen LogP contribution in [0.25, 0.3) is 0 Å². The van der Waals surface area contributed by atoms with Crippen LogP contribution in [0.5, 0.6) is 0 Å². The Morgan fingerprint density at radius 1 is 1.42 bits per heavy atom. The fraction of sp³-hybridized carbons (Fsp3) is 0.667. The van der Waals surface area contributed by atoms with Crippen molar-refractivity contribution in [1.82, 2.24) is 9.97 Å². The van der Waals surface area contributed by atoms with Crippen molar-refractivity contribution in [3.8, 4) is 0 Å². The van der Waals surface area contributed by atoms with Gasteiger partial charge in [0.05, 0.1) is 20.8 Å². The molecule has 1 aliphatic rings. The zero-order chi connectivity index (χ0) is 14.2. The van der Waals surface area contributed by atoms with E-state index >= 15 is 0 Å². The Bertz CT molecular complexity index is 590. The molecule has 1 saturated heterocycles. The van der Waals surface area contributed by atoms with Crippen molar-refractivity contribution < 1.29 is 8.42 Å². The summed E-state index contributed by atoms with van der Waals surface area (Å²) in [6.45, 7) is 4.23. The lowest BCUT2D eigenvalue weighted by Crippen LogP contribution is -2.11. The van der Waals surface area contributed by atoms with Gasteiger partial charge in [-0.2, -0.15) is 0 Å². The minimum atomic E-state index is -2.93. The number of hydrogen-bond acceptors (Lipinski definition) is 4. The molecule has 1 unspecified atom stereocenters. The van der Waals surface area contributed by atoms with Crippen molar-refractivity contribution in [2.75, 3.05) is 11.5 Å². The molecule has 1 aromatic heterocycles. The van der Waals surface area contributed by atoms with Crippen LogP contribution in [0.4, 0.5) is 0 Å². The van der Waals surface area contributed by atoms with E-state index in [1.54, 1.807) is 0 Å². The number of aromatic nitrogens is 2. The van der Waals surface area contributed by atoms with Crippen LogP contribution in [0.1, 0.15) is 37.7 Å². The summed E-state index contributed by atoms with van der Waals surface area (Å²) in [5, 5.41) is 0.436. The second kappa shape index (κ2) is 5.81. The molecule has 0 amide bonds. The van der Waals surface area contributed by atoms with Gasteiger partial charge in [-0.1, -0.05) is 25.4 Å². The van der Waals surface area contributed by atoms with E-state index in [1.807, 2.05) is 0 Å². The molecule has 0 bridgehead atoms. The molecule has 0 saturated carbocycles. The second-order valence-electron chi connectivity index (χ2n) is 5.33. The van der Waals surface area contributed by atoms with E-state index in [0.29, 0.717) is 23.3 Å². The standard InChI is InChI=1S/C12H16ClIN2O2S/c1-7(2)5-9-10(14)11(13)16-12(15-9)8-3-4-19(17,18)6-8/h7-8H,3-6H2,1-2H3. The Kier molecular flexibility index (Phi) is 4.72. The Hall–Kier alpha value is 0.0500. The van der Waals surface area contributed by atoms with Crippen LogP contribution in [0, 0.1) is 9.49 Å². The van der Waals surface area contributed by atoms with Gasteiger partial charge in [-0.25, -0.2) is 18.4 Å². The zero-order valence-corrected chi connectivity index (χ0v) is 14.6. The van der Waals surface area contributed by atoms with Gasteiger partial charge in [0.2, 0.25) is 0 Å². The zero-order valence-electron chi connectivity index (χ0n) is 10.9. The molecule has 1 aromatic rings. The van der Waals surface area contributed by atoms with Crippen molar-refractivity contribution in [3.05, 3.63) is 20.2 Å². The predicted molar refractivity (Wildman–Crippen MR) is 84.3 cm³/mol. The lowest BCUT2D eigenvalue weighted by atomic mass is 10.1. The van der Waals surface area contributed by atoms with E-state index in [9.17, 15) is 8.42 Å². The molecule has 0 spiro atoms. The molecule has 2 rings (SSSR count). The first kappa shape index (κ1) is 15.4. The van der Waals surface area contributed by atoms with E-state index in [0.717, 1.165) is 15.7 Å². The third-order valence-corrected chi connectivity index (χ3v) is 6.59. The highest BCUT2D eigenvalue weighted by Crippen LogP contribution is 2.30. The molecule has 1 atom stereocenters. The van der Waals surface area contributed by atoms with E-state index in [4.69, 9.17) is 11.6 Å². The monoisotopic (exact) mass is 414 g/mol. The van der Waals surface area contributed by atoms with Crippen LogP contribution in [-0.2, 0) is 16.3 Å². The molecular weight excluding hydrogens is 399 g/mol. The fourth-order valence-electron chi connectivity index (χ4n) is 2.18. The molecule has 1 fully saturated rings. The molecule has 0 aromatic carbocycles. The van der Waals surface area contributed by atoms with Crippen molar-refractivity contribution >= 4 is 44.0 Å². The Balaban J connectivity index is 2.34. The fourth-order valence-corrected chi connectivity index (χ4v) is 4.58. The average Bonchev–Trinajstić information content (AvgIpc) is 2.64. The first-order valence-corrected chi connectivity index (χ1v) is 9.48. The lowest BCUT2D eigenvalue weighted by molar-refractivity contribution is 0.599. The SMILES string of the molecule is CC(C)Cc1nc(C2CCS(=O)(=O)C2)nc(Cl)c1I. The Labute approximate surface area is 132 Å². The number of halogens is 2. The van der Waals surface area contributed by atoms with Crippen molar-refractivity contribution in [2.24, 2.45) is 5.92 Å². The summed E-state index contributed by atoms with van der Waals surface area (Å²) in [6.07, 6.45) is 1.42. The lowest BCUT2D eigenvalue weighted by Gasteiger charge is -2.12. The first-order chi connectivity index (χ1) is 8.78. The van der Waals surface area contributed by atoms with Crippen LogP contribution in [0.15, 0.2) is 0 Å². The van der Waals surface area contributed by atoms with Crippen LogP contribution < -0.4 is 0 Å². The van der Waals surface area contributed by atoms with E-state index in [1.165, 1.54) is 0 Å². The molecule has 1 aliphatic heterocycles.